The maximum Gasteiger partial charge on any atom is 0.317 e. The first kappa shape index (κ1) is 12.7. The number of amides is 2. The Labute approximate surface area is 120 Å². The third-order valence-corrected chi connectivity index (χ3v) is 4.33. The maximum absolute atomic E-state index is 11.6. The monoisotopic (exact) mass is 324 g/mol. The number of rotatable bonds is 2. The molecule has 3 rings (SSSR count). The highest BCUT2D eigenvalue weighted by molar-refractivity contribution is 9.10. The van der Waals surface area contributed by atoms with Crippen LogP contribution in [0.3, 0.4) is 0 Å². The van der Waals surface area contributed by atoms with Crippen LogP contribution in [0.2, 0.25) is 0 Å². The molecule has 2 amide bonds. The SMILES string of the molecule is NCc1cc(Br)ccc1N1CCN2C(=O)NCC2C1. The molecule has 2 heterocycles. The lowest BCUT2D eigenvalue weighted by atomic mass is 10.1. The van der Waals surface area contributed by atoms with Crippen LogP contribution >= 0.6 is 15.9 Å². The summed E-state index contributed by atoms with van der Waals surface area (Å²) >= 11 is 3.48. The van der Waals surface area contributed by atoms with Gasteiger partial charge in [0.15, 0.2) is 0 Å². The van der Waals surface area contributed by atoms with Gasteiger partial charge in [0.2, 0.25) is 0 Å². The number of nitrogens with zero attached hydrogens (tertiary/aromatic N) is 2. The van der Waals surface area contributed by atoms with Crippen molar-refractivity contribution < 1.29 is 4.79 Å². The minimum atomic E-state index is 0.0690. The van der Waals surface area contributed by atoms with Crippen molar-refractivity contribution in [2.24, 2.45) is 5.73 Å². The molecule has 102 valence electrons. The molecule has 1 aromatic rings. The molecule has 0 aromatic heterocycles. The zero-order valence-corrected chi connectivity index (χ0v) is 12.2. The van der Waals surface area contributed by atoms with Gasteiger partial charge in [-0.15, -0.1) is 0 Å². The summed E-state index contributed by atoms with van der Waals surface area (Å²) in [4.78, 5) is 15.8. The number of nitrogens with two attached hydrogens (primary N) is 1. The van der Waals surface area contributed by atoms with Crippen LogP contribution in [0.4, 0.5) is 10.5 Å². The Morgan fingerprint density at radius 3 is 3.05 bits per heavy atom. The van der Waals surface area contributed by atoms with Crippen LogP contribution in [0, 0.1) is 0 Å². The average molecular weight is 325 g/mol. The van der Waals surface area contributed by atoms with Crippen molar-refractivity contribution in [3.8, 4) is 0 Å². The minimum absolute atomic E-state index is 0.0690. The molecule has 1 aromatic carbocycles. The Hall–Kier alpha value is -1.27. The number of benzene rings is 1. The Balaban J connectivity index is 1.82. The van der Waals surface area contributed by atoms with Gasteiger partial charge in [-0.2, -0.15) is 0 Å². The van der Waals surface area contributed by atoms with Gasteiger partial charge in [0, 0.05) is 42.9 Å². The van der Waals surface area contributed by atoms with Crippen molar-refractivity contribution in [1.82, 2.24) is 10.2 Å². The van der Waals surface area contributed by atoms with E-state index in [4.69, 9.17) is 5.73 Å². The number of anilines is 1. The highest BCUT2D eigenvalue weighted by atomic mass is 79.9. The zero-order valence-electron chi connectivity index (χ0n) is 10.6. The smallest absolute Gasteiger partial charge is 0.317 e. The van der Waals surface area contributed by atoms with Crippen LogP contribution in [0.15, 0.2) is 22.7 Å². The molecule has 19 heavy (non-hydrogen) atoms. The first-order valence-electron chi connectivity index (χ1n) is 6.47. The van der Waals surface area contributed by atoms with E-state index in [2.05, 4.69) is 38.3 Å². The van der Waals surface area contributed by atoms with Crippen molar-refractivity contribution >= 4 is 27.6 Å². The number of halogens is 1. The van der Waals surface area contributed by atoms with Crippen LogP contribution in [0.1, 0.15) is 5.56 Å². The number of hydrogen-bond donors (Lipinski definition) is 2. The van der Waals surface area contributed by atoms with Crippen LogP contribution in [-0.4, -0.2) is 43.2 Å². The summed E-state index contributed by atoms with van der Waals surface area (Å²) in [7, 11) is 0. The molecular weight excluding hydrogens is 308 g/mol. The summed E-state index contributed by atoms with van der Waals surface area (Å²) in [6.45, 7) is 3.77. The van der Waals surface area contributed by atoms with Gasteiger partial charge in [0.05, 0.1) is 6.04 Å². The van der Waals surface area contributed by atoms with E-state index < -0.39 is 0 Å². The van der Waals surface area contributed by atoms with E-state index in [1.165, 1.54) is 5.69 Å². The Kier molecular flexibility index (Phi) is 3.36. The second kappa shape index (κ2) is 5.02. The van der Waals surface area contributed by atoms with Crippen LogP contribution in [-0.2, 0) is 6.54 Å². The molecule has 0 spiro atoms. The van der Waals surface area contributed by atoms with Crippen molar-refractivity contribution in [2.45, 2.75) is 12.6 Å². The number of fused-ring (bicyclic) bond motifs is 1. The standard InChI is InChI=1S/C13H17BrN4O/c14-10-1-2-12(9(5-10)6-15)17-3-4-18-11(8-17)7-16-13(18)19/h1-2,5,11H,3-4,6-8,15H2,(H,16,19). The molecule has 0 radical (unpaired) electrons. The van der Waals surface area contributed by atoms with Gasteiger partial charge < -0.3 is 20.9 Å². The number of urea groups is 1. The lowest BCUT2D eigenvalue weighted by molar-refractivity contribution is 0.197. The number of hydrogen-bond acceptors (Lipinski definition) is 3. The van der Waals surface area contributed by atoms with E-state index in [-0.39, 0.29) is 12.1 Å². The zero-order chi connectivity index (χ0) is 13.4. The van der Waals surface area contributed by atoms with Gasteiger partial charge in [0.1, 0.15) is 0 Å². The number of carbonyl (C=O) groups is 1. The third-order valence-electron chi connectivity index (χ3n) is 3.83. The molecule has 0 aliphatic carbocycles. The van der Waals surface area contributed by atoms with E-state index in [0.717, 1.165) is 36.2 Å². The quantitative estimate of drug-likeness (QED) is 0.857. The summed E-state index contributed by atoms with van der Waals surface area (Å²) in [5.74, 6) is 0. The normalized spacial score (nSPS) is 22.4. The topological polar surface area (TPSA) is 61.6 Å². The van der Waals surface area contributed by atoms with Gasteiger partial charge >= 0.3 is 6.03 Å². The Bertz CT molecular complexity index is 507. The van der Waals surface area contributed by atoms with E-state index >= 15 is 0 Å². The van der Waals surface area contributed by atoms with E-state index in [9.17, 15) is 4.79 Å². The van der Waals surface area contributed by atoms with Gasteiger partial charge in [-0.3, -0.25) is 0 Å². The molecule has 0 saturated carbocycles. The summed E-state index contributed by atoms with van der Waals surface area (Å²) < 4.78 is 1.05. The predicted octanol–water partition coefficient (Wildman–Crippen LogP) is 1.12. The van der Waals surface area contributed by atoms with E-state index in [0.29, 0.717) is 6.54 Å². The minimum Gasteiger partial charge on any atom is -0.367 e. The molecule has 2 saturated heterocycles. The lowest BCUT2D eigenvalue weighted by Gasteiger charge is -2.38. The molecule has 2 fully saturated rings. The number of nitrogens with one attached hydrogen (secondary N) is 1. The third kappa shape index (κ3) is 2.30. The molecule has 6 heteroatoms. The van der Waals surface area contributed by atoms with E-state index in [1.807, 2.05) is 11.0 Å². The number of piperazine rings is 1. The fourth-order valence-corrected chi connectivity index (χ4v) is 3.26. The molecule has 2 aliphatic rings. The van der Waals surface area contributed by atoms with Gasteiger partial charge in [-0.25, -0.2) is 4.79 Å². The van der Waals surface area contributed by atoms with Crippen molar-refractivity contribution in [3.05, 3.63) is 28.2 Å². The average Bonchev–Trinajstić information content (AvgIpc) is 2.79. The van der Waals surface area contributed by atoms with Crippen LogP contribution in [0.5, 0.6) is 0 Å². The molecular formula is C13H17BrN4O. The van der Waals surface area contributed by atoms with Gasteiger partial charge in [0.25, 0.3) is 0 Å². The molecule has 0 bridgehead atoms. The van der Waals surface area contributed by atoms with Crippen LogP contribution in [0.25, 0.3) is 0 Å². The summed E-state index contributed by atoms with van der Waals surface area (Å²) in [5.41, 5.74) is 8.15. The molecule has 1 atom stereocenters. The highest BCUT2D eigenvalue weighted by Crippen LogP contribution is 2.27. The second-order valence-electron chi connectivity index (χ2n) is 4.96. The largest absolute Gasteiger partial charge is 0.367 e. The molecule has 1 unspecified atom stereocenters. The fourth-order valence-electron chi connectivity index (χ4n) is 2.85. The number of carbonyl (C=O) groups excluding carboxylic acids is 1. The van der Waals surface area contributed by atoms with Crippen LogP contribution < -0.4 is 16.0 Å². The first-order valence-corrected chi connectivity index (χ1v) is 7.26. The molecule has 3 N–H and O–H groups in total. The van der Waals surface area contributed by atoms with Crippen molar-refractivity contribution in [1.29, 1.82) is 0 Å². The molecule has 2 aliphatic heterocycles. The van der Waals surface area contributed by atoms with E-state index in [1.54, 1.807) is 0 Å². The first-order chi connectivity index (χ1) is 9.19. The summed E-state index contributed by atoms with van der Waals surface area (Å²) in [6, 6.07) is 6.56. The lowest BCUT2D eigenvalue weighted by Crippen LogP contribution is -2.52. The molecule has 5 nitrogen and oxygen atoms in total. The second-order valence-corrected chi connectivity index (χ2v) is 5.87. The Morgan fingerprint density at radius 1 is 1.42 bits per heavy atom. The fraction of sp³-hybridized carbons (Fsp3) is 0.462. The summed E-state index contributed by atoms with van der Waals surface area (Å²) in [6.07, 6.45) is 0. The van der Waals surface area contributed by atoms with Crippen molar-refractivity contribution in [3.63, 3.8) is 0 Å². The summed E-state index contributed by atoms with van der Waals surface area (Å²) in [5, 5.41) is 2.90. The van der Waals surface area contributed by atoms with Gasteiger partial charge in [-0.1, -0.05) is 15.9 Å². The Morgan fingerprint density at radius 2 is 2.26 bits per heavy atom. The predicted molar refractivity (Wildman–Crippen MR) is 78.1 cm³/mol. The van der Waals surface area contributed by atoms with Crippen molar-refractivity contribution in [2.75, 3.05) is 31.1 Å². The van der Waals surface area contributed by atoms with Gasteiger partial charge in [-0.05, 0) is 23.8 Å². The highest BCUT2D eigenvalue weighted by Gasteiger charge is 2.35. The maximum atomic E-state index is 11.6.